The van der Waals surface area contributed by atoms with E-state index in [1.54, 1.807) is 0 Å². The first-order chi connectivity index (χ1) is 5.85. The summed E-state index contributed by atoms with van der Waals surface area (Å²) in [6.07, 6.45) is 6.77. The molecule has 3 N–H and O–H groups in total. The second kappa shape index (κ2) is 4.85. The van der Waals surface area contributed by atoms with Gasteiger partial charge >= 0.3 is 0 Å². The summed E-state index contributed by atoms with van der Waals surface area (Å²) in [6.45, 7) is 9.43. The van der Waals surface area contributed by atoms with Crippen molar-refractivity contribution in [3.8, 4) is 0 Å². The van der Waals surface area contributed by atoms with E-state index in [1.165, 1.54) is 32.1 Å². The fourth-order valence-electron chi connectivity index (χ4n) is 3.46. The molecule has 2 heteroatoms. The minimum atomic E-state index is 0. The highest BCUT2D eigenvalue weighted by molar-refractivity contribution is 4.90. The van der Waals surface area contributed by atoms with E-state index in [2.05, 4.69) is 33.4 Å². The monoisotopic (exact) mass is 219 g/mol. The van der Waals surface area contributed by atoms with Crippen LogP contribution in [0.5, 0.6) is 0 Å². The Morgan fingerprint density at radius 1 is 1.21 bits per heavy atom. The fourth-order valence-corrected chi connectivity index (χ4v) is 3.46. The summed E-state index contributed by atoms with van der Waals surface area (Å²) in [4.78, 5) is 0. The van der Waals surface area contributed by atoms with Crippen molar-refractivity contribution in [2.45, 2.75) is 65.3 Å². The highest BCUT2D eigenvalue weighted by Crippen LogP contribution is 2.43. The lowest BCUT2D eigenvalue weighted by Gasteiger charge is -2.42. The molecule has 0 unspecified atom stereocenters. The van der Waals surface area contributed by atoms with Crippen LogP contribution >= 0.6 is 0 Å². The zero-order chi connectivity index (χ0) is 10.1. The van der Waals surface area contributed by atoms with Gasteiger partial charge in [-0.2, -0.15) is 0 Å². The van der Waals surface area contributed by atoms with Crippen molar-refractivity contribution >= 4 is 0 Å². The Labute approximate surface area is 95.2 Å². The van der Waals surface area contributed by atoms with Gasteiger partial charge in [0.05, 0.1) is 5.54 Å². The lowest BCUT2D eigenvalue weighted by molar-refractivity contribution is -0.486. The van der Waals surface area contributed by atoms with Gasteiger partial charge < -0.3 is 18.1 Å². The first-order valence-electron chi connectivity index (χ1n) is 5.70. The van der Waals surface area contributed by atoms with E-state index in [-0.39, 0.29) is 12.4 Å². The summed E-state index contributed by atoms with van der Waals surface area (Å²) >= 11 is 0. The van der Waals surface area contributed by atoms with Crippen molar-refractivity contribution in [1.82, 2.24) is 0 Å². The van der Waals surface area contributed by atoms with Gasteiger partial charge in [-0.15, -0.1) is 0 Å². The standard InChI is InChI=1S/C12H25N.ClH/c1-5-6-10-7-11(2,3)9-12(4,13)8-10;/h10H,5-9,13H2,1-4H3;1H/t10-,12+;/m1./s1. The zero-order valence-electron chi connectivity index (χ0n) is 10.2. The summed E-state index contributed by atoms with van der Waals surface area (Å²) in [5, 5.41) is 0. The topological polar surface area (TPSA) is 27.6 Å². The Bertz CT molecular complexity index is 159. The van der Waals surface area contributed by atoms with Crippen LogP contribution < -0.4 is 18.1 Å². The van der Waals surface area contributed by atoms with Crippen molar-refractivity contribution in [3.63, 3.8) is 0 Å². The van der Waals surface area contributed by atoms with Gasteiger partial charge in [-0.25, -0.2) is 0 Å². The number of halogens is 1. The Kier molecular flexibility index (Phi) is 4.94. The molecule has 1 fully saturated rings. The third-order valence-electron chi connectivity index (χ3n) is 3.22. The van der Waals surface area contributed by atoms with E-state index in [9.17, 15) is 0 Å². The van der Waals surface area contributed by atoms with Crippen LogP contribution in [-0.2, 0) is 0 Å². The summed E-state index contributed by atoms with van der Waals surface area (Å²) in [7, 11) is 0. The van der Waals surface area contributed by atoms with E-state index >= 15 is 0 Å². The Morgan fingerprint density at radius 2 is 1.79 bits per heavy atom. The van der Waals surface area contributed by atoms with Crippen LogP contribution in [0, 0.1) is 11.3 Å². The van der Waals surface area contributed by atoms with Gasteiger partial charge in [0.1, 0.15) is 0 Å². The highest BCUT2D eigenvalue weighted by atomic mass is 35.5. The number of rotatable bonds is 2. The van der Waals surface area contributed by atoms with Gasteiger partial charge in [0.2, 0.25) is 0 Å². The van der Waals surface area contributed by atoms with Gasteiger partial charge in [0, 0.05) is 12.8 Å². The van der Waals surface area contributed by atoms with E-state index in [0.717, 1.165) is 5.92 Å². The third kappa shape index (κ3) is 4.18. The third-order valence-corrected chi connectivity index (χ3v) is 3.22. The largest absolute Gasteiger partial charge is 1.00 e. The van der Waals surface area contributed by atoms with Gasteiger partial charge in [0.25, 0.3) is 0 Å². The van der Waals surface area contributed by atoms with Gasteiger partial charge in [-0.3, -0.25) is 0 Å². The average molecular weight is 220 g/mol. The number of hydrogen-bond acceptors (Lipinski definition) is 0. The summed E-state index contributed by atoms with van der Waals surface area (Å²) in [5.41, 5.74) is 5.21. The SMILES string of the molecule is CCC[C@@H]1CC(C)(C)C[C@@](C)([NH3+])C1.[Cl-]. The normalized spacial score (nSPS) is 36.2. The van der Waals surface area contributed by atoms with Crippen LogP contribution in [0.1, 0.15) is 59.8 Å². The molecule has 1 nitrogen and oxygen atoms in total. The molecule has 0 spiro atoms. The van der Waals surface area contributed by atoms with Gasteiger partial charge in [-0.05, 0) is 24.7 Å². The van der Waals surface area contributed by atoms with E-state index in [0.29, 0.717) is 11.0 Å². The molecule has 1 saturated carbocycles. The van der Waals surface area contributed by atoms with Crippen LogP contribution in [0.15, 0.2) is 0 Å². The highest BCUT2D eigenvalue weighted by Gasteiger charge is 2.40. The summed E-state index contributed by atoms with van der Waals surface area (Å²) in [6, 6.07) is 0. The van der Waals surface area contributed by atoms with Crippen molar-refractivity contribution in [3.05, 3.63) is 0 Å². The smallest absolute Gasteiger partial charge is 0.0925 e. The zero-order valence-corrected chi connectivity index (χ0v) is 11.0. The van der Waals surface area contributed by atoms with Gasteiger partial charge in [-0.1, -0.05) is 33.6 Å². The van der Waals surface area contributed by atoms with Crippen LogP contribution in [0.25, 0.3) is 0 Å². The lowest BCUT2D eigenvalue weighted by Crippen LogP contribution is -3.00. The van der Waals surface area contributed by atoms with Crippen molar-refractivity contribution < 1.29 is 18.1 Å². The summed E-state index contributed by atoms with van der Waals surface area (Å²) < 4.78 is 0. The minimum absolute atomic E-state index is 0. The first kappa shape index (κ1) is 14.2. The van der Waals surface area contributed by atoms with Crippen molar-refractivity contribution in [1.29, 1.82) is 0 Å². The molecule has 0 bridgehead atoms. The molecule has 1 rings (SSSR count). The lowest BCUT2D eigenvalue weighted by atomic mass is 9.64. The number of quaternary nitrogens is 1. The Hall–Kier alpha value is 0.250. The Morgan fingerprint density at radius 3 is 2.21 bits per heavy atom. The van der Waals surface area contributed by atoms with Crippen LogP contribution in [-0.4, -0.2) is 5.54 Å². The second-order valence-corrected chi connectivity index (χ2v) is 6.21. The van der Waals surface area contributed by atoms with Crippen LogP contribution in [0.4, 0.5) is 0 Å². The maximum atomic E-state index is 4.36. The molecular weight excluding hydrogens is 194 g/mol. The quantitative estimate of drug-likeness (QED) is 0.656. The Balaban J connectivity index is 0.00000169. The average Bonchev–Trinajstić information content (AvgIpc) is 1.78. The molecule has 0 aromatic rings. The van der Waals surface area contributed by atoms with Crippen LogP contribution in [0.3, 0.4) is 0 Å². The second-order valence-electron chi connectivity index (χ2n) is 6.21. The molecule has 0 aromatic carbocycles. The molecule has 0 radical (unpaired) electrons. The molecule has 0 aliphatic heterocycles. The number of hydrogen-bond donors (Lipinski definition) is 1. The van der Waals surface area contributed by atoms with Crippen molar-refractivity contribution in [2.75, 3.05) is 0 Å². The molecule has 2 atom stereocenters. The van der Waals surface area contributed by atoms with Gasteiger partial charge in [0.15, 0.2) is 0 Å². The molecule has 1 aliphatic carbocycles. The molecule has 1 aliphatic rings. The predicted octanol–water partition coefficient (Wildman–Crippen LogP) is -0.383. The van der Waals surface area contributed by atoms with E-state index in [1.807, 2.05) is 0 Å². The molecule has 0 aromatic heterocycles. The molecule has 0 saturated heterocycles. The van der Waals surface area contributed by atoms with Crippen molar-refractivity contribution in [2.24, 2.45) is 11.3 Å². The predicted molar refractivity (Wildman–Crippen MR) is 57.3 cm³/mol. The maximum Gasteiger partial charge on any atom is 0.0925 e. The summed E-state index contributed by atoms with van der Waals surface area (Å²) in [5.74, 6) is 0.927. The first-order valence-corrected chi connectivity index (χ1v) is 5.70. The fraction of sp³-hybridized carbons (Fsp3) is 1.00. The maximum absolute atomic E-state index is 4.36. The minimum Gasteiger partial charge on any atom is -1.00 e. The van der Waals surface area contributed by atoms with E-state index < -0.39 is 0 Å². The molecule has 0 heterocycles. The molecular formula is C12H26ClN. The molecule has 86 valence electrons. The van der Waals surface area contributed by atoms with Crippen LogP contribution in [0.2, 0.25) is 0 Å². The molecule has 14 heavy (non-hydrogen) atoms. The van der Waals surface area contributed by atoms with E-state index in [4.69, 9.17) is 0 Å². The molecule has 0 amide bonds.